The second-order valence-electron chi connectivity index (χ2n) is 6.90. The van der Waals surface area contributed by atoms with E-state index in [2.05, 4.69) is 10.6 Å². The zero-order chi connectivity index (χ0) is 21.5. The zero-order valence-electron chi connectivity index (χ0n) is 15.7. The molecule has 1 aromatic carbocycles. The molecule has 0 unspecified atom stereocenters. The maximum absolute atomic E-state index is 12.6. The van der Waals surface area contributed by atoms with Gasteiger partial charge in [0.1, 0.15) is 11.6 Å². The minimum absolute atomic E-state index is 0.205. The van der Waals surface area contributed by atoms with Gasteiger partial charge < -0.3 is 22.1 Å². The van der Waals surface area contributed by atoms with Crippen LogP contribution in [0.15, 0.2) is 24.3 Å². The van der Waals surface area contributed by atoms with E-state index in [1.165, 1.54) is 26.0 Å². The average molecular weight is 402 g/mol. The fraction of sp³-hybridized carbons (Fsp3) is 0.500. The Morgan fingerprint density at radius 3 is 2.14 bits per heavy atom. The van der Waals surface area contributed by atoms with E-state index in [0.29, 0.717) is 12.0 Å². The van der Waals surface area contributed by atoms with Gasteiger partial charge in [0.05, 0.1) is 12.0 Å². The molecule has 1 rings (SSSR count). The number of carbonyl (C=O) groups is 3. The first-order chi connectivity index (χ1) is 12.9. The van der Waals surface area contributed by atoms with Crippen LogP contribution in [-0.2, 0) is 27.0 Å². The third-order valence-electron chi connectivity index (χ3n) is 4.05. The molecule has 0 aromatic heterocycles. The first-order valence-electron chi connectivity index (χ1n) is 8.64. The highest BCUT2D eigenvalue weighted by atomic mass is 19.4. The molecule has 3 amide bonds. The van der Waals surface area contributed by atoms with Gasteiger partial charge in [-0.1, -0.05) is 12.1 Å². The molecule has 7 nitrogen and oxygen atoms in total. The van der Waals surface area contributed by atoms with Crippen LogP contribution in [0.2, 0.25) is 0 Å². The van der Waals surface area contributed by atoms with Crippen molar-refractivity contribution in [1.82, 2.24) is 10.6 Å². The van der Waals surface area contributed by atoms with E-state index in [-0.39, 0.29) is 19.4 Å². The van der Waals surface area contributed by atoms with E-state index >= 15 is 0 Å². The Balaban J connectivity index is 2.78. The quantitative estimate of drug-likeness (QED) is 0.488. The maximum Gasteiger partial charge on any atom is 0.416 e. The van der Waals surface area contributed by atoms with Gasteiger partial charge in [0.2, 0.25) is 17.7 Å². The molecule has 0 aliphatic carbocycles. The number of rotatable bonds is 9. The third kappa shape index (κ3) is 7.18. The van der Waals surface area contributed by atoms with Crippen molar-refractivity contribution in [3.05, 3.63) is 35.4 Å². The van der Waals surface area contributed by atoms with Gasteiger partial charge in [-0.2, -0.15) is 13.2 Å². The van der Waals surface area contributed by atoms with Crippen molar-refractivity contribution in [3.63, 3.8) is 0 Å². The monoisotopic (exact) mass is 402 g/mol. The smallest absolute Gasteiger partial charge is 0.368 e. The lowest BCUT2D eigenvalue weighted by molar-refractivity contribution is -0.137. The summed E-state index contributed by atoms with van der Waals surface area (Å²) in [6, 6.07) is 3.22. The van der Waals surface area contributed by atoms with Crippen LogP contribution < -0.4 is 22.1 Å². The summed E-state index contributed by atoms with van der Waals surface area (Å²) in [7, 11) is 0. The molecule has 28 heavy (non-hydrogen) atoms. The number of hydrogen-bond donors (Lipinski definition) is 4. The molecule has 0 saturated carbocycles. The summed E-state index contributed by atoms with van der Waals surface area (Å²) in [6.45, 7) is 3.15. The van der Waals surface area contributed by atoms with Gasteiger partial charge in [-0.25, -0.2) is 0 Å². The molecule has 0 bridgehead atoms. The van der Waals surface area contributed by atoms with Crippen molar-refractivity contribution in [2.45, 2.75) is 50.9 Å². The van der Waals surface area contributed by atoms with Gasteiger partial charge >= 0.3 is 6.18 Å². The summed E-state index contributed by atoms with van der Waals surface area (Å²) in [5.74, 6) is -1.89. The molecule has 156 valence electrons. The molecule has 6 N–H and O–H groups in total. The highest BCUT2D eigenvalue weighted by Gasteiger charge is 2.31. The summed E-state index contributed by atoms with van der Waals surface area (Å²) in [5.41, 5.74) is 8.91. The number of halogens is 3. The number of amides is 3. The Morgan fingerprint density at radius 2 is 1.68 bits per heavy atom. The van der Waals surface area contributed by atoms with Gasteiger partial charge in [-0.05, 0) is 50.9 Å². The number of hydrogen-bond acceptors (Lipinski definition) is 4. The Morgan fingerprint density at radius 1 is 1.11 bits per heavy atom. The Bertz CT molecular complexity index is 703. The molecule has 10 heteroatoms. The molecule has 1 aromatic rings. The van der Waals surface area contributed by atoms with E-state index < -0.39 is 41.0 Å². The Hall–Kier alpha value is -2.62. The van der Waals surface area contributed by atoms with Crippen molar-refractivity contribution in [3.8, 4) is 0 Å². The van der Waals surface area contributed by atoms with Gasteiger partial charge in [-0.15, -0.1) is 0 Å². The number of carbonyl (C=O) groups excluding carboxylic acids is 3. The molecule has 0 spiro atoms. The molecule has 0 radical (unpaired) electrons. The number of benzene rings is 1. The topological polar surface area (TPSA) is 127 Å². The van der Waals surface area contributed by atoms with Crippen LogP contribution in [-0.4, -0.2) is 35.8 Å². The minimum atomic E-state index is -4.46. The van der Waals surface area contributed by atoms with Gasteiger partial charge in [0.25, 0.3) is 0 Å². The van der Waals surface area contributed by atoms with Crippen LogP contribution in [0.3, 0.4) is 0 Å². The third-order valence-corrected chi connectivity index (χ3v) is 4.05. The SMILES string of the molecule is CC(C)(NC(=O)[C@@H](CCCN)NC(=O)Cc1ccc(C(F)(F)F)cc1)C(N)=O. The predicted octanol–water partition coefficient (Wildman–Crippen LogP) is 0.852. The summed E-state index contributed by atoms with van der Waals surface area (Å²) in [4.78, 5) is 36.0. The van der Waals surface area contributed by atoms with Gasteiger partial charge in [0, 0.05) is 0 Å². The molecule has 0 aliphatic heterocycles. The average Bonchev–Trinajstić information content (AvgIpc) is 2.57. The van der Waals surface area contributed by atoms with Crippen molar-refractivity contribution < 1.29 is 27.6 Å². The van der Waals surface area contributed by atoms with E-state index in [4.69, 9.17) is 11.5 Å². The lowest BCUT2D eigenvalue weighted by Crippen LogP contribution is -2.58. The molecule has 0 aliphatic rings. The van der Waals surface area contributed by atoms with E-state index in [9.17, 15) is 27.6 Å². The van der Waals surface area contributed by atoms with Crippen molar-refractivity contribution in [1.29, 1.82) is 0 Å². The molecule has 0 saturated heterocycles. The first kappa shape index (κ1) is 23.4. The fourth-order valence-corrected chi connectivity index (χ4v) is 2.29. The van der Waals surface area contributed by atoms with E-state index in [1.54, 1.807) is 0 Å². The van der Waals surface area contributed by atoms with Crippen molar-refractivity contribution in [2.75, 3.05) is 6.54 Å². The minimum Gasteiger partial charge on any atom is -0.368 e. The summed E-state index contributed by atoms with van der Waals surface area (Å²) < 4.78 is 37.8. The van der Waals surface area contributed by atoms with Gasteiger partial charge in [0.15, 0.2) is 0 Å². The second kappa shape index (κ2) is 9.54. The summed E-state index contributed by atoms with van der Waals surface area (Å²) >= 11 is 0. The maximum atomic E-state index is 12.6. The molecular formula is C18H25F3N4O3. The summed E-state index contributed by atoms with van der Waals surface area (Å²) in [6.07, 6.45) is -3.99. The lowest BCUT2D eigenvalue weighted by Gasteiger charge is -2.26. The zero-order valence-corrected chi connectivity index (χ0v) is 15.7. The van der Waals surface area contributed by atoms with Crippen LogP contribution in [0.5, 0.6) is 0 Å². The number of nitrogens with one attached hydrogen (secondary N) is 2. The second-order valence-corrected chi connectivity index (χ2v) is 6.90. The Labute approximate surface area is 161 Å². The standard InChI is InChI=1S/C18H25F3N4O3/c1-17(2,16(23)28)25-15(27)13(4-3-9-22)24-14(26)10-11-5-7-12(8-6-11)18(19,20)21/h5-8,13H,3-4,9-10,22H2,1-2H3,(H2,23,28)(H,24,26)(H,25,27)/t13-/m1/s1. The van der Waals surface area contributed by atoms with Gasteiger partial charge in [-0.3, -0.25) is 14.4 Å². The highest BCUT2D eigenvalue weighted by molar-refractivity contribution is 5.93. The highest BCUT2D eigenvalue weighted by Crippen LogP contribution is 2.29. The number of primary amides is 1. The summed E-state index contributed by atoms with van der Waals surface area (Å²) in [5, 5.41) is 4.99. The van der Waals surface area contributed by atoms with E-state index in [1.807, 2.05) is 0 Å². The van der Waals surface area contributed by atoms with Crippen LogP contribution >= 0.6 is 0 Å². The van der Waals surface area contributed by atoms with Crippen molar-refractivity contribution >= 4 is 17.7 Å². The largest absolute Gasteiger partial charge is 0.416 e. The number of alkyl halides is 3. The number of nitrogens with two attached hydrogens (primary N) is 2. The van der Waals surface area contributed by atoms with Crippen LogP contribution in [0.4, 0.5) is 13.2 Å². The van der Waals surface area contributed by atoms with Crippen LogP contribution in [0.1, 0.15) is 37.8 Å². The molecule has 1 atom stereocenters. The van der Waals surface area contributed by atoms with E-state index in [0.717, 1.165) is 12.1 Å². The fourth-order valence-electron chi connectivity index (χ4n) is 2.29. The van der Waals surface area contributed by atoms with Crippen LogP contribution in [0.25, 0.3) is 0 Å². The molecule has 0 fully saturated rings. The predicted molar refractivity (Wildman–Crippen MR) is 96.8 cm³/mol. The Kier molecular flexibility index (Phi) is 7.98. The normalized spacial score (nSPS) is 12.9. The molecule has 0 heterocycles. The first-order valence-corrected chi connectivity index (χ1v) is 8.64. The molecular weight excluding hydrogens is 377 g/mol. The van der Waals surface area contributed by atoms with Crippen molar-refractivity contribution in [2.24, 2.45) is 11.5 Å². The van der Waals surface area contributed by atoms with Crippen LogP contribution in [0, 0.1) is 0 Å². The lowest BCUT2D eigenvalue weighted by atomic mass is 10.0.